The average Bonchev–Trinajstić information content (AvgIpc) is 2.80. The van der Waals surface area contributed by atoms with Crippen molar-refractivity contribution in [3.8, 4) is 0 Å². The maximum Gasteiger partial charge on any atom is 0.224 e. The Balaban J connectivity index is 1.83. The molecule has 21 heavy (non-hydrogen) atoms. The molecule has 1 aromatic carbocycles. The number of carbonyl (C=O) groups is 2. The first-order valence-electron chi connectivity index (χ1n) is 6.79. The molecule has 0 saturated carbocycles. The number of nitrogens with one attached hydrogen (secondary N) is 1. The van der Waals surface area contributed by atoms with E-state index in [1.807, 2.05) is 0 Å². The fourth-order valence-corrected chi connectivity index (χ4v) is 2.85. The van der Waals surface area contributed by atoms with Crippen LogP contribution < -0.4 is 11.1 Å². The lowest BCUT2D eigenvalue weighted by Gasteiger charge is -2.15. The summed E-state index contributed by atoms with van der Waals surface area (Å²) in [5.41, 5.74) is 6.49. The van der Waals surface area contributed by atoms with Crippen LogP contribution in [0.4, 0.5) is 11.4 Å². The van der Waals surface area contributed by atoms with E-state index in [0.717, 1.165) is 13.0 Å². The lowest BCUT2D eigenvalue weighted by molar-refractivity contribution is -0.128. The molecule has 0 bridgehead atoms. The molecule has 0 aliphatic carbocycles. The van der Waals surface area contributed by atoms with Crippen molar-refractivity contribution in [3.63, 3.8) is 0 Å². The van der Waals surface area contributed by atoms with Gasteiger partial charge in [-0.1, -0.05) is 23.2 Å². The van der Waals surface area contributed by atoms with Crippen LogP contribution in [0.1, 0.15) is 25.7 Å². The molecule has 1 aliphatic rings. The Morgan fingerprint density at radius 2 is 2.14 bits per heavy atom. The second-order valence-corrected chi connectivity index (χ2v) is 5.83. The minimum Gasteiger partial charge on any atom is -0.397 e. The first-order chi connectivity index (χ1) is 9.97. The summed E-state index contributed by atoms with van der Waals surface area (Å²) in [6, 6.07) is 3.06. The van der Waals surface area contributed by atoms with Gasteiger partial charge in [0.15, 0.2) is 0 Å². The Labute approximate surface area is 133 Å². The highest BCUT2D eigenvalue weighted by molar-refractivity contribution is 6.37. The minimum atomic E-state index is -0.183. The van der Waals surface area contributed by atoms with Gasteiger partial charge in [-0.05, 0) is 25.0 Å². The molecular formula is C14H17Cl2N3O2. The van der Waals surface area contributed by atoms with E-state index in [1.54, 1.807) is 4.90 Å². The molecule has 7 heteroatoms. The van der Waals surface area contributed by atoms with Crippen LogP contribution in [0.5, 0.6) is 0 Å². The fraction of sp³-hybridized carbons (Fsp3) is 0.429. The van der Waals surface area contributed by atoms with Crippen molar-refractivity contribution < 1.29 is 9.59 Å². The first kappa shape index (κ1) is 15.9. The zero-order valence-electron chi connectivity index (χ0n) is 11.5. The summed E-state index contributed by atoms with van der Waals surface area (Å²) in [5.74, 6) is -0.0158. The Morgan fingerprint density at radius 1 is 1.38 bits per heavy atom. The number of hydrogen-bond donors (Lipinski definition) is 2. The van der Waals surface area contributed by atoms with Crippen molar-refractivity contribution in [2.24, 2.45) is 0 Å². The summed E-state index contributed by atoms with van der Waals surface area (Å²) < 4.78 is 0. The highest BCUT2D eigenvalue weighted by Crippen LogP contribution is 2.32. The quantitative estimate of drug-likeness (QED) is 0.815. The number of likely N-dealkylation sites (tertiary alicyclic amines) is 1. The number of rotatable bonds is 5. The van der Waals surface area contributed by atoms with Crippen molar-refractivity contribution in [3.05, 3.63) is 22.2 Å². The van der Waals surface area contributed by atoms with Gasteiger partial charge in [0.25, 0.3) is 0 Å². The van der Waals surface area contributed by atoms with E-state index >= 15 is 0 Å². The third-order valence-electron chi connectivity index (χ3n) is 3.35. The fourth-order valence-electron chi connectivity index (χ4n) is 2.30. The molecule has 1 fully saturated rings. The van der Waals surface area contributed by atoms with Crippen molar-refractivity contribution in [2.45, 2.75) is 25.7 Å². The van der Waals surface area contributed by atoms with Crippen LogP contribution in [-0.2, 0) is 9.59 Å². The van der Waals surface area contributed by atoms with E-state index in [1.165, 1.54) is 12.1 Å². The Bertz CT molecular complexity index is 540. The third-order valence-corrected chi connectivity index (χ3v) is 3.87. The van der Waals surface area contributed by atoms with Crippen LogP contribution in [-0.4, -0.2) is 29.8 Å². The van der Waals surface area contributed by atoms with E-state index in [-0.39, 0.29) is 11.8 Å². The predicted molar refractivity (Wildman–Crippen MR) is 84.6 cm³/mol. The van der Waals surface area contributed by atoms with Crippen molar-refractivity contribution >= 4 is 46.4 Å². The molecule has 1 aromatic rings. The van der Waals surface area contributed by atoms with Crippen LogP contribution >= 0.6 is 23.2 Å². The van der Waals surface area contributed by atoms with Gasteiger partial charge in [-0.15, -0.1) is 0 Å². The largest absolute Gasteiger partial charge is 0.397 e. The molecule has 0 atom stereocenters. The number of nitrogens with two attached hydrogens (primary N) is 1. The van der Waals surface area contributed by atoms with E-state index in [4.69, 9.17) is 28.9 Å². The summed E-state index contributed by atoms with van der Waals surface area (Å²) in [6.45, 7) is 1.40. The molecule has 1 saturated heterocycles. The number of halogens is 2. The number of hydrogen-bond acceptors (Lipinski definition) is 3. The second-order valence-electron chi connectivity index (χ2n) is 4.99. The molecule has 0 aromatic heterocycles. The molecule has 0 spiro atoms. The van der Waals surface area contributed by atoms with Gasteiger partial charge in [0.1, 0.15) is 0 Å². The van der Waals surface area contributed by atoms with Crippen LogP contribution in [0.3, 0.4) is 0 Å². The first-order valence-corrected chi connectivity index (χ1v) is 7.55. The Kier molecular flexibility index (Phi) is 5.31. The van der Waals surface area contributed by atoms with Gasteiger partial charge >= 0.3 is 0 Å². The molecular weight excluding hydrogens is 313 g/mol. The van der Waals surface area contributed by atoms with Crippen molar-refractivity contribution in [2.75, 3.05) is 24.1 Å². The SMILES string of the molecule is Nc1cc(Cl)cc(Cl)c1NC(=O)CCCN1CCCC1=O. The van der Waals surface area contributed by atoms with Gasteiger partial charge in [-0.25, -0.2) is 0 Å². The second kappa shape index (κ2) is 7.00. The van der Waals surface area contributed by atoms with Crippen LogP contribution in [0.2, 0.25) is 10.0 Å². The molecule has 1 aliphatic heterocycles. The van der Waals surface area contributed by atoms with E-state index in [9.17, 15) is 9.59 Å². The topological polar surface area (TPSA) is 75.4 Å². The lowest BCUT2D eigenvalue weighted by Crippen LogP contribution is -2.26. The van der Waals surface area contributed by atoms with Gasteiger partial charge < -0.3 is 16.0 Å². The maximum absolute atomic E-state index is 11.9. The summed E-state index contributed by atoms with van der Waals surface area (Å²) in [6.07, 6.45) is 2.44. The number of nitrogens with zero attached hydrogens (tertiary/aromatic N) is 1. The van der Waals surface area contributed by atoms with Gasteiger partial charge in [-0.2, -0.15) is 0 Å². The van der Waals surface area contributed by atoms with E-state index < -0.39 is 0 Å². The summed E-state index contributed by atoms with van der Waals surface area (Å²) in [5, 5.41) is 3.41. The highest BCUT2D eigenvalue weighted by Gasteiger charge is 2.19. The van der Waals surface area contributed by atoms with Crippen LogP contribution in [0.25, 0.3) is 0 Å². The molecule has 2 rings (SSSR count). The normalized spacial score (nSPS) is 14.6. The summed E-state index contributed by atoms with van der Waals surface area (Å²) in [7, 11) is 0. The molecule has 0 unspecified atom stereocenters. The van der Waals surface area contributed by atoms with Crippen molar-refractivity contribution in [1.82, 2.24) is 4.90 Å². The van der Waals surface area contributed by atoms with Gasteiger partial charge in [0.2, 0.25) is 11.8 Å². The Morgan fingerprint density at radius 3 is 2.76 bits per heavy atom. The number of nitrogen functional groups attached to an aromatic ring is 1. The molecule has 114 valence electrons. The number of amides is 2. The van der Waals surface area contributed by atoms with E-state index in [2.05, 4.69) is 5.32 Å². The number of benzene rings is 1. The van der Waals surface area contributed by atoms with Gasteiger partial charge in [0, 0.05) is 31.0 Å². The standard InChI is InChI=1S/C14H17Cl2N3O2/c15-9-7-10(16)14(11(17)8-9)18-12(20)3-1-5-19-6-2-4-13(19)21/h7-8H,1-6,17H2,(H,18,20). The smallest absolute Gasteiger partial charge is 0.224 e. The number of carbonyl (C=O) groups excluding carboxylic acids is 2. The third kappa shape index (κ3) is 4.25. The average molecular weight is 330 g/mol. The highest BCUT2D eigenvalue weighted by atomic mass is 35.5. The zero-order chi connectivity index (χ0) is 15.4. The van der Waals surface area contributed by atoms with Gasteiger partial charge in [-0.3, -0.25) is 9.59 Å². The molecule has 5 nitrogen and oxygen atoms in total. The zero-order valence-corrected chi connectivity index (χ0v) is 13.0. The molecule has 1 heterocycles. The summed E-state index contributed by atoms with van der Waals surface area (Å²) >= 11 is 11.8. The molecule has 0 radical (unpaired) electrons. The minimum absolute atomic E-state index is 0.167. The molecule has 2 amide bonds. The number of anilines is 2. The van der Waals surface area contributed by atoms with Crippen molar-refractivity contribution in [1.29, 1.82) is 0 Å². The maximum atomic E-state index is 11.9. The monoisotopic (exact) mass is 329 g/mol. The molecule has 3 N–H and O–H groups in total. The Hall–Kier alpha value is -1.46. The van der Waals surface area contributed by atoms with Crippen LogP contribution in [0, 0.1) is 0 Å². The predicted octanol–water partition coefficient (Wildman–Crippen LogP) is 2.92. The summed E-state index contributed by atoms with van der Waals surface area (Å²) in [4.78, 5) is 25.1. The van der Waals surface area contributed by atoms with Crippen LogP contribution in [0.15, 0.2) is 12.1 Å². The van der Waals surface area contributed by atoms with Gasteiger partial charge in [0.05, 0.1) is 16.4 Å². The lowest BCUT2D eigenvalue weighted by atomic mass is 10.2. The van der Waals surface area contributed by atoms with E-state index in [0.29, 0.717) is 47.2 Å².